The van der Waals surface area contributed by atoms with Gasteiger partial charge in [-0.05, 0) is 50.6 Å². The van der Waals surface area contributed by atoms with Crippen molar-refractivity contribution in [3.8, 4) is 0 Å². The lowest BCUT2D eigenvalue weighted by Gasteiger charge is -2.17. The molecule has 0 saturated carbocycles. The number of rotatable bonds is 6. The third-order valence-electron chi connectivity index (χ3n) is 5.17. The maximum atomic E-state index is 13.0. The van der Waals surface area contributed by atoms with Crippen molar-refractivity contribution in [3.05, 3.63) is 71.1 Å². The van der Waals surface area contributed by atoms with E-state index in [-0.39, 0.29) is 11.8 Å². The highest BCUT2D eigenvalue weighted by Gasteiger charge is 2.22. The van der Waals surface area contributed by atoms with Gasteiger partial charge >= 0.3 is 0 Å². The van der Waals surface area contributed by atoms with E-state index in [0.717, 1.165) is 40.6 Å². The number of amides is 2. The molecule has 6 nitrogen and oxygen atoms in total. The number of nitrogens with one attached hydrogen (secondary N) is 1. The van der Waals surface area contributed by atoms with Crippen LogP contribution in [-0.4, -0.2) is 23.5 Å². The number of nitrogens with zero attached hydrogens (tertiary/aromatic N) is 2. The van der Waals surface area contributed by atoms with Crippen molar-refractivity contribution >= 4 is 35.0 Å². The molecule has 0 bridgehead atoms. The minimum Gasteiger partial charge on any atom is -0.361 e. The maximum absolute atomic E-state index is 13.0. The minimum absolute atomic E-state index is 0.125. The Morgan fingerprint density at radius 1 is 1.20 bits per heavy atom. The third kappa shape index (κ3) is 4.26. The zero-order valence-electron chi connectivity index (χ0n) is 17.0. The molecule has 1 aromatic heterocycles. The van der Waals surface area contributed by atoms with Crippen molar-refractivity contribution in [2.75, 3.05) is 16.8 Å². The number of aromatic nitrogens is 1. The Morgan fingerprint density at radius 3 is 2.77 bits per heavy atom. The molecule has 154 valence electrons. The fourth-order valence-electron chi connectivity index (χ4n) is 3.51. The maximum Gasteiger partial charge on any atom is 0.256 e. The van der Waals surface area contributed by atoms with E-state index in [2.05, 4.69) is 10.5 Å². The highest BCUT2D eigenvalue weighted by Crippen LogP contribution is 2.30. The Morgan fingerprint density at radius 2 is 2.03 bits per heavy atom. The predicted molar refractivity (Wildman–Crippen MR) is 118 cm³/mol. The molecule has 0 spiro atoms. The summed E-state index contributed by atoms with van der Waals surface area (Å²) in [5.41, 5.74) is 4.02. The van der Waals surface area contributed by atoms with Crippen LogP contribution in [0.5, 0.6) is 0 Å². The van der Waals surface area contributed by atoms with Gasteiger partial charge in [-0.3, -0.25) is 9.59 Å². The number of carbonyl (C=O) groups is 2. The normalized spacial score (nSPS) is 13.7. The summed E-state index contributed by atoms with van der Waals surface area (Å²) in [7, 11) is 0. The Hall–Kier alpha value is -3.06. The summed E-state index contributed by atoms with van der Waals surface area (Å²) >= 11 is 1.58. The average molecular weight is 422 g/mol. The standard InChI is InChI=1S/C23H23N3O3S/c1-15-20(16(2)29-25-15)14-30-21-10-4-3-9-19(21)23(28)24-17-7-5-8-18(13-17)26-12-6-11-22(26)27/h3-5,7-10,13H,6,11-12,14H2,1-2H3,(H,24,28). The van der Waals surface area contributed by atoms with Gasteiger partial charge in [0.15, 0.2) is 0 Å². The molecular weight excluding hydrogens is 398 g/mol. The molecule has 1 fully saturated rings. The number of aryl methyl sites for hydroxylation is 2. The van der Waals surface area contributed by atoms with Crippen LogP contribution in [0, 0.1) is 13.8 Å². The second-order valence-electron chi connectivity index (χ2n) is 7.24. The van der Waals surface area contributed by atoms with E-state index in [1.54, 1.807) is 16.7 Å². The molecule has 0 atom stereocenters. The van der Waals surface area contributed by atoms with Crippen LogP contribution in [0.15, 0.2) is 57.9 Å². The van der Waals surface area contributed by atoms with Crippen molar-refractivity contribution in [2.24, 2.45) is 0 Å². The zero-order valence-corrected chi connectivity index (χ0v) is 17.8. The highest BCUT2D eigenvalue weighted by molar-refractivity contribution is 7.98. The molecule has 7 heteroatoms. The van der Waals surface area contributed by atoms with Crippen LogP contribution in [0.3, 0.4) is 0 Å². The van der Waals surface area contributed by atoms with Crippen LogP contribution < -0.4 is 10.2 Å². The minimum atomic E-state index is -0.179. The number of anilines is 2. The molecule has 30 heavy (non-hydrogen) atoms. The Kier molecular flexibility index (Phi) is 5.90. The fraction of sp³-hybridized carbons (Fsp3) is 0.261. The molecule has 2 aromatic carbocycles. The first-order chi connectivity index (χ1) is 14.5. The summed E-state index contributed by atoms with van der Waals surface area (Å²) in [6.45, 7) is 4.53. The molecule has 0 aliphatic carbocycles. The van der Waals surface area contributed by atoms with E-state index in [1.807, 2.05) is 62.4 Å². The summed E-state index contributed by atoms with van der Waals surface area (Å²) in [5.74, 6) is 1.43. The van der Waals surface area contributed by atoms with Crippen molar-refractivity contribution in [1.82, 2.24) is 5.16 Å². The second-order valence-corrected chi connectivity index (χ2v) is 8.26. The Labute approximate surface area is 179 Å². The van der Waals surface area contributed by atoms with E-state index in [9.17, 15) is 9.59 Å². The van der Waals surface area contributed by atoms with Crippen LogP contribution in [0.2, 0.25) is 0 Å². The van der Waals surface area contributed by atoms with E-state index in [1.165, 1.54) is 0 Å². The molecule has 1 saturated heterocycles. The number of benzene rings is 2. The first kappa shape index (κ1) is 20.2. The van der Waals surface area contributed by atoms with E-state index in [0.29, 0.717) is 23.4 Å². The van der Waals surface area contributed by atoms with Crippen molar-refractivity contribution in [3.63, 3.8) is 0 Å². The summed E-state index contributed by atoms with van der Waals surface area (Å²) in [6, 6.07) is 15.0. The lowest BCUT2D eigenvalue weighted by molar-refractivity contribution is -0.117. The van der Waals surface area contributed by atoms with Crippen molar-refractivity contribution in [1.29, 1.82) is 0 Å². The SMILES string of the molecule is Cc1noc(C)c1CSc1ccccc1C(=O)Nc1cccc(N2CCCC2=O)c1. The van der Waals surface area contributed by atoms with Gasteiger partial charge in [-0.25, -0.2) is 0 Å². The Bertz CT molecular complexity index is 1070. The predicted octanol–water partition coefficient (Wildman–Crippen LogP) is 4.96. The molecule has 2 heterocycles. The smallest absolute Gasteiger partial charge is 0.256 e. The van der Waals surface area contributed by atoms with Crippen LogP contribution in [-0.2, 0) is 10.5 Å². The monoisotopic (exact) mass is 421 g/mol. The quantitative estimate of drug-likeness (QED) is 0.569. The highest BCUT2D eigenvalue weighted by atomic mass is 32.2. The van der Waals surface area contributed by atoms with Gasteiger partial charge in [0.25, 0.3) is 5.91 Å². The lowest BCUT2D eigenvalue weighted by atomic mass is 10.2. The molecule has 0 unspecified atom stereocenters. The number of hydrogen-bond acceptors (Lipinski definition) is 5. The van der Waals surface area contributed by atoms with Crippen LogP contribution >= 0.6 is 11.8 Å². The molecular formula is C23H23N3O3S. The molecule has 1 aliphatic rings. The van der Waals surface area contributed by atoms with Crippen molar-refractivity contribution in [2.45, 2.75) is 37.3 Å². The van der Waals surface area contributed by atoms with Crippen LogP contribution in [0.4, 0.5) is 11.4 Å². The summed E-state index contributed by atoms with van der Waals surface area (Å²) in [6.07, 6.45) is 1.44. The van der Waals surface area contributed by atoms with E-state index < -0.39 is 0 Å². The first-order valence-corrected chi connectivity index (χ1v) is 10.9. The molecule has 1 aliphatic heterocycles. The Balaban J connectivity index is 1.50. The summed E-state index contributed by atoms with van der Waals surface area (Å²) in [5, 5.41) is 6.96. The van der Waals surface area contributed by atoms with Crippen molar-refractivity contribution < 1.29 is 14.1 Å². The molecule has 3 aromatic rings. The number of carbonyl (C=O) groups excluding carboxylic acids is 2. The van der Waals surface area contributed by atoms with Gasteiger partial charge in [-0.15, -0.1) is 11.8 Å². The lowest BCUT2D eigenvalue weighted by Crippen LogP contribution is -2.23. The fourth-order valence-corrected chi connectivity index (χ4v) is 4.71. The van der Waals surface area contributed by atoms with Gasteiger partial charge in [0.05, 0.1) is 11.3 Å². The van der Waals surface area contributed by atoms with E-state index >= 15 is 0 Å². The van der Waals surface area contributed by atoms with Gasteiger partial charge in [0, 0.05) is 40.6 Å². The van der Waals surface area contributed by atoms with Gasteiger partial charge in [-0.2, -0.15) is 0 Å². The van der Waals surface area contributed by atoms with Crippen LogP contribution in [0.25, 0.3) is 0 Å². The van der Waals surface area contributed by atoms with Crippen LogP contribution in [0.1, 0.15) is 40.2 Å². The molecule has 0 radical (unpaired) electrons. The largest absolute Gasteiger partial charge is 0.361 e. The van der Waals surface area contributed by atoms with E-state index in [4.69, 9.17) is 4.52 Å². The number of hydrogen-bond donors (Lipinski definition) is 1. The van der Waals surface area contributed by atoms with Gasteiger partial charge in [0.2, 0.25) is 5.91 Å². The molecule has 4 rings (SSSR count). The van der Waals surface area contributed by atoms with Gasteiger partial charge in [0.1, 0.15) is 5.76 Å². The van der Waals surface area contributed by atoms with Gasteiger partial charge < -0.3 is 14.7 Å². The zero-order chi connectivity index (χ0) is 21.1. The first-order valence-electron chi connectivity index (χ1n) is 9.88. The second kappa shape index (κ2) is 8.75. The average Bonchev–Trinajstić information content (AvgIpc) is 3.32. The summed E-state index contributed by atoms with van der Waals surface area (Å²) < 4.78 is 5.23. The number of thioether (sulfide) groups is 1. The topological polar surface area (TPSA) is 75.4 Å². The third-order valence-corrected chi connectivity index (χ3v) is 6.27. The molecule has 2 amide bonds. The molecule has 1 N–H and O–H groups in total. The summed E-state index contributed by atoms with van der Waals surface area (Å²) in [4.78, 5) is 27.7. The van der Waals surface area contributed by atoms with Gasteiger partial charge in [-0.1, -0.05) is 23.4 Å².